The minimum atomic E-state index is -0.594. The molecule has 1 atom stereocenters. The van der Waals surface area contributed by atoms with Crippen molar-refractivity contribution in [2.45, 2.75) is 52.0 Å². The van der Waals surface area contributed by atoms with Gasteiger partial charge >= 0.3 is 0 Å². The van der Waals surface area contributed by atoms with Gasteiger partial charge in [-0.25, -0.2) is 4.68 Å². The molecule has 1 amide bonds. The fourth-order valence-corrected chi connectivity index (χ4v) is 5.51. The van der Waals surface area contributed by atoms with E-state index in [0.29, 0.717) is 18.4 Å². The number of aryl methyl sites for hydroxylation is 1. The first kappa shape index (κ1) is 21.0. The molecule has 3 aromatic rings. The summed E-state index contributed by atoms with van der Waals surface area (Å²) in [4.78, 5) is 28.7. The van der Waals surface area contributed by atoms with Crippen LogP contribution in [0.1, 0.15) is 50.8 Å². The molecule has 2 aromatic heterocycles. The molecule has 4 rings (SSSR count). The third-order valence-electron chi connectivity index (χ3n) is 6.01. The van der Waals surface area contributed by atoms with Crippen LogP contribution in [0.5, 0.6) is 0 Å². The summed E-state index contributed by atoms with van der Waals surface area (Å²) in [5.41, 5.74) is 0.615. The summed E-state index contributed by atoms with van der Waals surface area (Å²) in [7, 11) is 0. The minimum absolute atomic E-state index is 0.125. The molecule has 0 radical (unpaired) electrons. The molecule has 1 N–H and O–H groups in total. The predicted molar refractivity (Wildman–Crippen MR) is 123 cm³/mol. The number of hydrogen-bond donors (Lipinski definition) is 1. The Bertz CT molecular complexity index is 1100. The van der Waals surface area contributed by atoms with Gasteiger partial charge in [0.25, 0.3) is 5.56 Å². The van der Waals surface area contributed by atoms with Crippen LogP contribution in [0.15, 0.2) is 29.1 Å². The maximum Gasteiger partial charge on any atom is 0.276 e. The lowest BCUT2D eigenvalue weighted by molar-refractivity contribution is -0.124. The fraction of sp³-hybridized carbons (Fsp3) is 0.522. The highest BCUT2D eigenvalue weighted by Crippen LogP contribution is 2.33. The van der Waals surface area contributed by atoms with Crippen molar-refractivity contribution >= 4 is 37.4 Å². The van der Waals surface area contributed by atoms with Crippen LogP contribution < -0.4 is 10.9 Å². The van der Waals surface area contributed by atoms with Gasteiger partial charge in [0.15, 0.2) is 0 Å². The van der Waals surface area contributed by atoms with E-state index in [1.165, 1.54) is 30.4 Å². The second-order valence-corrected chi connectivity index (χ2v) is 9.16. The summed E-state index contributed by atoms with van der Waals surface area (Å²) >= 11 is 1.59. The van der Waals surface area contributed by atoms with Crippen molar-refractivity contribution in [3.8, 4) is 0 Å². The van der Waals surface area contributed by atoms with Gasteiger partial charge in [-0.15, -0.1) is 11.3 Å². The molecule has 160 valence electrons. The molecule has 6 nitrogen and oxygen atoms in total. The van der Waals surface area contributed by atoms with E-state index in [1.54, 1.807) is 11.3 Å². The van der Waals surface area contributed by atoms with Crippen molar-refractivity contribution in [1.29, 1.82) is 0 Å². The molecule has 1 fully saturated rings. The zero-order valence-electron chi connectivity index (χ0n) is 17.8. The zero-order chi connectivity index (χ0) is 21.1. The molecule has 7 heteroatoms. The van der Waals surface area contributed by atoms with Crippen molar-refractivity contribution in [1.82, 2.24) is 20.0 Å². The Morgan fingerprint density at radius 2 is 1.93 bits per heavy atom. The first-order chi connectivity index (χ1) is 14.6. The van der Waals surface area contributed by atoms with Crippen LogP contribution in [-0.4, -0.2) is 46.8 Å². The molecule has 1 saturated heterocycles. The quantitative estimate of drug-likeness (QED) is 0.650. The number of carbonyl (C=O) groups is 1. The van der Waals surface area contributed by atoms with Gasteiger partial charge < -0.3 is 10.2 Å². The number of rotatable bonds is 6. The lowest BCUT2D eigenvalue weighted by Crippen LogP contribution is -2.41. The van der Waals surface area contributed by atoms with Crippen molar-refractivity contribution in [3.05, 3.63) is 40.3 Å². The molecular formula is C23H30N4O2S. The van der Waals surface area contributed by atoms with E-state index < -0.39 is 6.04 Å². The van der Waals surface area contributed by atoms with Gasteiger partial charge in [-0.2, -0.15) is 5.10 Å². The smallest absolute Gasteiger partial charge is 0.276 e. The summed E-state index contributed by atoms with van der Waals surface area (Å²) in [6.07, 6.45) is 5.59. The van der Waals surface area contributed by atoms with Crippen LogP contribution in [0, 0.1) is 6.92 Å². The molecule has 1 aliphatic rings. The number of fused-ring (bicyclic) bond motifs is 3. The van der Waals surface area contributed by atoms with E-state index in [9.17, 15) is 9.59 Å². The third-order valence-corrected chi connectivity index (χ3v) is 7.29. The Balaban J connectivity index is 1.56. The van der Waals surface area contributed by atoms with E-state index in [1.807, 2.05) is 38.1 Å². The van der Waals surface area contributed by atoms with Crippen LogP contribution in [0.25, 0.3) is 20.2 Å². The summed E-state index contributed by atoms with van der Waals surface area (Å²) in [6, 6.07) is 7.33. The number of likely N-dealkylation sites (tertiary alicyclic amines) is 1. The molecule has 0 saturated carbocycles. The van der Waals surface area contributed by atoms with E-state index in [4.69, 9.17) is 0 Å². The zero-order valence-corrected chi connectivity index (χ0v) is 18.6. The van der Waals surface area contributed by atoms with Gasteiger partial charge in [0.1, 0.15) is 6.04 Å². The van der Waals surface area contributed by atoms with Gasteiger partial charge in [0, 0.05) is 23.2 Å². The van der Waals surface area contributed by atoms with Crippen molar-refractivity contribution in [2.24, 2.45) is 0 Å². The highest BCUT2D eigenvalue weighted by atomic mass is 32.1. The van der Waals surface area contributed by atoms with E-state index >= 15 is 0 Å². The Morgan fingerprint density at radius 3 is 2.67 bits per heavy atom. The van der Waals surface area contributed by atoms with Gasteiger partial charge in [-0.05, 0) is 45.3 Å². The van der Waals surface area contributed by atoms with E-state index in [-0.39, 0.29) is 11.5 Å². The molecule has 0 spiro atoms. The number of nitrogens with zero attached hydrogens (tertiary/aromatic N) is 3. The van der Waals surface area contributed by atoms with Gasteiger partial charge in [0.05, 0.1) is 15.8 Å². The number of carbonyl (C=O) groups excluding carboxylic acids is 1. The Kier molecular flexibility index (Phi) is 6.49. The molecule has 0 bridgehead atoms. The first-order valence-corrected chi connectivity index (χ1v) is 11.8. The second-order valence-electron chi connectivity index (χ2n) is 8.11. The van der Waals surface area contributed by atoms with E-state index in [0.717, 1.165) is 40.1 Å². The molecule has 1 aromatic carbocycles. The van der Waals surface area contributed by atoms with Gasteiger partial charge in [-0.1, -0.05) is 38.0 Å². The van der Waals surface area contributed by atoms with Gasteiger partial charge in [0.2, 0.25) is 5.91 Å². The topological polar surface area (TPSA) is 67.2 Å². The maximum absolute atomic E-state index is 13.3. The van der Waals surface area contributed by atoms with Gasteiger partial charge in [-0.3, -0.25) is 9.59 Å². The monoisotopic (exact) mass is 426 g/mol. The van der Waals surface area contributed by atoms with Crippen LogP contribution in [0.3, 0.4) is 0 Å². The third kappa shape index (κ3) is 4.14. The number of hydrogen-bond acceptors (Lipinski definition) is 5. The molecular weight excluding hydrogens is 396 g/mol. The normalized spacial score (nSPS) is 16.6. The largest absolute Gasteiger partial charge is 0.353 e. The van der Waals surface area contributed by atoms with Crippen molar-refractivity contribution in [3.63, 3.8) is 0 Å². The fourth-order valence-electron chi connectivity index (χ4n) is 4.37. The predicted octanol–water partition coefficient (Wildman–Crippen LogP) is 3.86. The van der Waals surface area contributed by atoms with Crippen LogP contribution in [0.4, 0.5) is 0 Å². The van der Waals surface area contributed by atoms with Crippen LogP contribution >= 0.6 is 11.3 Å². The number of aromatic nitrogens is 2. The average molecular weight is 427 g/mol. The minimum Gasteiger partial charge on any atom is -0.353 e. The number of amides is 1. The molecule has 3 heterocycles. The lowest BCUT2D eigenvalue weighted by atomic mass is 10.1. The highest BCUT2D eigenvalue weighted by Gasteiger charge is 2.24. The van der Waals surface area contributed by atoms with Crippen molar-refractivity contribution in [2.75, 3.05) is 26.2 Å². The number of nitrogens with one attached hydrogen (secondary N) is 1. The molecule has 30 heavy (non-hydrogen) atoms. The lowest BCUT2D eigenvalue weighted by Gasteiger charge is -2.21. The number of thiophene rings is 1. The maximum atomic E-state index is 13.3. The standard InChI is InChI=1S/C23H30N4O2S/c1-3-18(22(28)24-12-15-26-13-8-4-5-9-14-26)27-23(29)20-17-10-6-7-11-19(17)30-21(20)16(2)25-27/h6-7,10-11,18H,3-5,8-9,12-15H2,1-2H3,(H,24,28)/t18-/m0/s1. The van der Waals surface area contributed by atoms with Crippen molar-refractivity contribution < 1.29 is 4.79 Å². The summed E-state index contributed by atoms with van der Waals surface area (Å²) in [6.45, 7) is 7.52. The Hall–Kier alpha value is -2.25. The number of benzene rings is 1. The SMILES string of the molecule is CC[C@@H](C(=O)NCCN1CCCCCC1)n1nc(C)c2sc3ccccc3c2c1=O. The average Bonchev–Trinajstić information content (AvgIpc) is 2.95. The Morgan fingerprint density at radius 1 is 1.20 bits per heavy atom. The van der Waals surface area contributed by atoms with E-state index in [2.05, 4.69) is 15.3 Å². The summed E-state index contributed by atoms with van der Waals surface area (Å²) in [5, 5.41) is 9.21. The van der Waals surface area contributed by atoms with Crippen LogP contribution in [0.2, 0.25) is 0 Å². The van der Waals surface area contributed by atoms with Crippen LogP contribution in [-0.2, 0) is 4.79 Å². The second kappa shape index (κ2) is 9.27. The molecule has 0 unspecified atom stereocenters. The first-order valence-electron chi connectivity index (χ1n) is 11.0. The highest BCUT2D eigenvalue weighted by molar-refractivity contribution is 7.26. The summed E-state index contributed by atoms with van der Waals surface area (Å²) in [5.74, 6) is -0.125. The summed E-state index contributed by atoms with van der Waals surface area (Å²) < 4.78 is 3.38. The molecule has 1 aliphatic heterocycles. The Labute approximate surface area is 180 Å². The molecule has 0 aliphatic carbocycles.